The first-order valence-corrected chi connectivity index (χ1v) is 56.1. The SMILES string of the molecule is CN1CCC2(CC1)CCN(CC1CCNCC1)CC2.CN1CCC2(CC1)CCN(Cc1ccccc1)CC2.CN1CCC2(CCNCC2)CC1.O=C(O)CC1(CC(=O)O)CCN(Cc2ccccc2)CC1.O=C1CC2(CCN(Cc3ccccc3)CC2)CC(=O)N1.O=C1CCN(Cc2ccccc2)CC1.[C-]#[N+]C1C(=O)NC(=O)C([N+]#[C-])C12CCN(Cc1ccccc1)CC2.c1ccc(CN2CCC3(CCNCC3)CC2)cc1. The zero-order valence-corrected chi connectivity index (χ0v) is 89.2. The topological polar surface area (TPSA) is 261 Å². The zero-order chi connectivity index (χ0) is 103. The first kappa shape index (κ1) is 113. The largest absolute Gasteiger partial charge is 0.481 e. The average Bonchev–Trinajstić information content (AvgIpc) is 0.741. The van der Waals surface area contributed by atoms with E-state index >= 15 is 0 Å². The summed E-state index contributed by atoms with van der Waals surface area (Å²) in [4.78, 5) is 112. The molecule has 6 spiro atoms. The number of hydrogen-bond acceptors (Lipinski definition) is 20. The van der Waals surface area contributed by atoms with Crippen molar-refractivity contribution in [1.82, 2.24) is 75.6 Å². The third-order valence-corrected chi connectivity index (χ3v) is 36.2. The Hall–Kier alpha value is -9.33. The van der Waals surface area contributed by atoms with Gasteiger partial charge in [-0.2, -0.15) is 0 Å². The molecule has 15 aliphatic rings. The summed E-state index contributed by atoms with van der Waals surface area (Å²) in [5.41, 5.74) is 9.29. The van der Waals surface area contributed by atoms with Gasteiger partial charge in [0.05, 0.1) is 12.8 Å². The molecular weight excluding hydrogens is 1840 g/mol. The number of hydrogen-bond donors (Lipinski definition) is 7. The van der Waals surface area contributed by atoms with E-state index in [1.807, 2.05) is 48.5 Å². The maximum Gasteiger partial charge on any atom is 0.314 e. The molecule has 6 aromatic carbocycles. The molecule has 7 N–H and O–H groups in total. The van der Waals surface area contributed by atoms with Crippen LogP contribution >= 0.6 is 0 Å². The predicted molar refractivity (Wildman–Crippen MR) is 584 cm³/mol. The van der Waals surface area contributed by atoms with E-state index in [-0.39, 0.29) is 30.1 Å². The number of carbonyl (C=O) groups excluding carboxylic acids is 5. The van der Waals surface area contributed by atoms with Gasteiger partial charge in [-0.15, -0.1) is 0 Å². The molecule has 21 rings (SSSR count). The number of amides is 4. The number of piperidine rings is 15. The lowest BCUT2D eigenvalue weighted by Gasteiger charge is -2.47. The van der Waals surface area contributed by atoms with E-state index in [4.69, 9.17) is 23.4 Å². The summed E-state index contributed by atoms with van der Waals surface area (Å²) in [6, 6.07) is 60.9. The number of rotatable bonds is 18. The molecule has 0 radical (unpaired) electrons. The average molecular weight is 2010 g/mol. The molecule has 15 aliphatic heterocycles. The van der Waals surface area contributed by atoms with E-state index < -0.39 is 46.7 Å². The lowest BCUT2D eigenvalue weighted by atomic mass is 9.65. The Balaban J connectivity index is 0.000000133. The van der Waals surface area contributed by atoms with Crippen molar-refractivity contribution in [3.8, 4) is 0 Å². The van der Waals surface area contributed by atoms with Crippen molar-refractivity contribution in [2.45, 2.75) is 244 Å². The highest BCUT2D eigenvalue weighted by Gasteiger charge is 2.65. The number of carboxylic acids is 2. The van der Waals surface area contributed by atoms with Gasteiger partial charge in [-0.05, 0) is 404 Å². The number of carbonyl (C=O) groups is 7. The Bertz CT molecular complexity index is 4950. The summed E-state index contributed by atoms with van der Waals surface area (Å²) in [6.07, 6.45) is 32.1. The summed E-state index contributed by atoms with van der Waals surface area (Å²) in [5.74, 6) is -1.74. The normalized spacial score (nSPS) is 24.4. The van der Waals surface area contributed by atoms with Crippen LogP contribution in [0.5, 0.6) is 0 Å². The molecule has 0 aliphatic carbocycles. The number of likely N-dealkylation sites (tertiary alicyclic amines) is 10. The molecule has 798 valence electrons. The summed E-state index contributed by atoms with van der Waals surface area (Å²) < 4.78 is 0. The van der Waals surface area contributed by atoms with Crippen LogP contribution in [0.2, 0.25) is 0 Å². The van der Waals surface area contributed by atoms with Gasteiger partial charge in [0.1, 0.15) is 11.2 Å². The number of benzene rings is 6. The molecular formula is C121H175N17O9. The number of carboxylic acid groups (broad SMARTS) is 2. The number of ketones is 1. The fourth-order valence-corrected chi connectivity index (χ4v) is 26.0. The van der Waals surface area contributed by atoms with Crippen LogP contribution in [0.3, 0.4) is 0 Å². The van der Waals surface area contributed by atoms with Crippen LogP contribution in [0.4, 0.5) is 0 Å². The molecule has 15 heterocycles. The van der Waals surface area contributed by atoms with Crippen molar-refractivity contribution in [3.63, 3.8) is 0 Å². The molecule has 6 aromatic rings. The summed E-state index contributed by atoms with van der Waals surface area (Å²) in [6.45, 7) is 51.9. The molecule has 26 nitrogen and oxygen atoms in total. The molecule has 0 aromatic heterocycles. The van der Waals surface area contributed by atoms with Crippen molar-refractivity contribution in [2.24, 2.45) is 43.8 Å². The first-order valence-electron chi connectivity index (χ1n) is 56.1. The van der Waals surface area contributed by atoms with Crippen LogP contribution in [0.15, 0.2) is 182 Å². The molecule has 0 bridgehead atoms. The predicted octanol–water partition coefficient (Wildman–Crippen LogP) is 15.8. The van der Waals surface area contributed by atoms with Crippen molar-refractivity contribution < 1.29 is 43.8 Å². The van der Waals surface area contributed by atoms with Crippen LogP contribution in [0.1, 0.15) is 226 Å². The van der Waals surface area contributed by atoms with Crippen LogP contribution < -0.4 is 26.6 Å². The third kappa shape index (κ3) is 35.4. The highest BCUT2D eigenvalue weighted by molar-refractivity contribution is 6.06. The second-order valence-corrected chi connectivity index (χ2v) is 46.6. The number of nitrogens with zero attached hydrogens (tertiary/aromatic N) is 12. The lowest BCUT2D eigenvalue weighted by Crippen LogP contribution is -2.64. The minimum Gasteiger partial charge on any atom is -0.481 e. The van der Waals surface area contributed by atoms with Crippen molar-refractivity contribution in [1.29, 1.82) is 0 Å². The number of imide groups is 2. The third-order valence-electron chi connectivity index (χ3n) is 36.2. The van der Waals surface area contributed by atoms with E-state index in [0.717, 1.165) is 121 Å². The second kappa shape index (κ2) is 56.7. The van der Waals surface area contributed by atoms with E-state index in [1.54, 1.807) is 0 Å². The van der Waals surface area contributed by atoms with Gasteiger partial charge >= 0.3 is 35.8 Å². The highest BCUT2D eigenvalue weighted by atomic mass is 16.4. The van der Waals surface area contributed by atoms with Crippen molar-refractivity contribution >= 4 is 41.4 Å². The van der Waals surface area contributed by atoms with Gasteiger partial charge in [0.2, 0.25) is 11.8 Å². The van der Waals surface area contributed by atoms with Gasteiger partial charge in [0.25, 0.3) is 0 Å². The van der Waals surface area contributed by atoms with E-state index in [1.165, 1.54) is 273 Å². The van der Waals surface area contributed by atoms with Gasteiger partial charge in [-0.1, -0.05) is 182 Å². The van der Waals surface area contributed by atoms with Gasteiger partial charge in [-0.3, -0.25) is 73.6 Å². The zero-order valence-electron chi connectivity index (χ0n) is 89.2. The molecule has 26 heteroatoms. The number of Topliss-reactive ketones (excluding diaryl/α,β-unsaturated/α-hetero) is 1. The van der Waals surface area contributed by atoms with Gasteiger partial charge in [0.15, 0.2) is 0 Å². The molecule has 147 heavy (non-hydrogen) atoms. The quantitative estimate of drug-likeness (QED) is 0.0312. The van der Waals surface area contributed by atoms with E-state index in [9.17, 15) is 33.6 Å². The molecule has 0 saturated carbocycles. The smallest absolute Gasteiger partial charge is 0.314 e. The Labute approximate surface area is 879 Å². The highest BCUT2D eigenvalue weighted by Crippen LogP contribution is 2.48. The minimum atomic E-state index is -0.951. The van der Waals surface area contributed by atoms with E-state index in [2.05, 4.69) is 240 Å². The van der Waals surface area contributed by atoms with Crippen molar-refractivity contribution in [3.05, 3.63) is 238 Å². The molecule has 2 unspecified atom stereocenters. The molecule has 4 amide bonds. The Morgan fingerprint density at radius 1 is 0.306 bits per heavy atom. The standard InChI is InChI=1S/C18H18N4O2.C17H26N2.C16H31N3.C16H20N2O2.C16H24N2.C16H21NO4.C12H15NO.C10H20N2/c1-19-14-16(23)21-17(24)15(20-2)18(14)8-10-22(11-9-18)12-13-6-4-3-5-7-13;1-18-11-7-17(8-12-18)9-13-19(14-10-17)15-16-5-3-2-4-6-16;1-18-10-4-16(5-11-18)6-12-19(13-7-16)14-15-2-8-17-9-3-15;19-14-10-16(11-15(20)17-14)6-8-18(9-7-16)12-13-4-2-1-3-5-13;1-2-4-15(5-3-1)14-18-12-8-16(9-13-18)6-10-17-11-7-16;18-14(19)10-16(11-15(20)21)6-8-17(9-7-16)12-13-4-2-1-3-5-13;14-12-6-8-13(9-7-12)10-11-4-2-1-3-5-11;1-12-8-4-10(5-9-12)2-6-11-7-3-10/h3-7,14-15H,8-12H2,(H,21,23,24);2-6H,7-15H2,1H3;15,17H,2-14H2,1H3;1-5H,6-12H2,(H,17,19,20);1-5,17H,6-14H2;1-5H,6-12H2,(H,18,19)(H,20,21);1-5H,6-10H2;11H,2-9H2,1H3. The number of nitrogens with one attached hydrogen (secondary N) is 5. The number of aliphatic carboxylic acids is 2. The molecule has 2 atom stereocenters. The van der Waals surface area contributed by atoms with Crippen LogP contribution in [-0.2, 0) is 72.8 Å². The second-order valence-electron chi connectivity index (χ2n) is 46.6. The summed E-state index contributed by atoms with van der Waals surface area (Å²) in [5, 5.41) is 33.1. The van der Waals surface area contributed by atoms with Crippen LogP contribution in [0, 0.1) is 57.0 Å². The van der Waals surface area contributed by atoms with Crippen LogP contribution in [-0.4, -0.2) is 310 Å². The Kier molecular flexibility index (Phi) is 43.7. The fraction of sp³-hybridized carbons (Fsp3) is 0.628. The summed E-state index contributed by atoms with van der Waals surface area (Å²) in [7, 11) is 6.78. The van der Waals surface area contributed by atoms with Crippen molar-refractivity contribution in [2.75, 3.05) is 198 Å². The van der Waals surface area contributed by atoms with Gasteiger partial charge in [0, 0.05) is 84.6 Å². The lowest BCUT2D eigenvalue weighted by molar-refractivity contribution is -0.146. The fourth-order valence-electron chi connectivity index (χ4n) is 26.0. The minimum absolute atomic E-state index is 0.0571. The Morgan fingerprint density at radius 3 is 0.837 bits per heavy atom. The molecule has 15 fully saturated rings. The first-order chi connectivity index (χ1) is 71.3. The maximum absolute atomic E-state index is 12.1. The Morgan fingerprint density at radius 2 is 0.551 bits per heavy atom. The summed E-state index contributed by atoms with van der Waals surface area (Å²) >= 11 is 0. The molecule has 15 saturated heterocycles. The monoisotopic (exact) mass is 2010 g/mol. The van der Waals surface area contributed by atoms with Gasteiger partial charge < -0.3 is 55.5 Å². The van der Waals surface area contributed by atoms with Crippen LogP contribution in [0.25, 0.3) is 9.69 Å². The maximum atomic E-state index is 12.1. The van der Waals surface area contributed by atoms with Gasteiger partial charge in [-0.25, -0.2) is 13.1 Å². The van der Waals surface area contributed by atoms with E-state index in [0.29, 0.717) is 68.2 Å².